The third-order valence-electron chi connectivity index (χ3n) is 3.82. The molecule has 3 rings (SSSR count). The summed E-state index contributed by atoms with van der Waals surface area (Å²) >= 11 is 0. The van der Waals surface area contributed by atoms with Gasteiger partial charge < -0.3 is 10.6 Å². The highest BCUT2D eigenvalue weighted by Crippen LogP contribution is 2.27. The number of anilines is 2. The normalized spacial score (nSPS) is 10.8. The molecule has 0 unspecified atom stereocenters. The van der Waals surface area contributed by atoms with Crippen molar-refractivity contribution in [3.63, 3.8) is 0 Å². The minimum absolute atomic E-state index is 0.744. The van der Waals surface area contributed by atoms with Crippen molar-refractivity contribution in [3.8, 4) is 0 Å². The van der Waals surface area contributed by atoms with Gasteiger partial charge in [-0.05, 0) is 42.3 Å². The van der Waals surface area contributed by atoms with E-state index in [0.29, 0.717) is 0 Å². The van der Waals surface area contributed by atoms with Gasteiger partial charge in [0.25, 0.3) is 0 Å². The molecule has 3 heteroatoms. The van der Waals surface area contributed by atoms with E-state index in [2.05, 4.69) is 54.2 Å². The molecule has 0 aliphatic heterocycles. The van der Waals surface area contributed by atoms with Crippen molar-refractivity contribution >= 4 is 22.3 Å². The van der Waals surface area contributed by atoms with E-state index < -0.39 is 0 Å². The molecule has 21 heavy (non-hydrogen) atoms. The summed E-state index contributed by atoms with van der Waals surface area (Å²) in [6.45, 7) is 3.02. The number of fused-ring (bicyclic) bond motifs is 1. The Morgan fingerprint density at radius 2 is 1.90 bits per heavy atom. The second-order valence-electron chi connectivity index (χ2n) is 5.39. The molecule has 0 bridgehead atoms. The van der Waals surface area contributed by atoms with Crippen LogP contribution < -0.4 is 10.6 Å². The summed E-state index contributed by atoms with van der Waals surface area (Å²) in [7, 11) is 2.11. The van der Waals surface area contributed by atoms with Crippen molar-refractivity contribution in [2.45, 2.75) is 13.5 Å². The third kappa shape index (κ3) is 2.68. The van der Waals surface area contributed by atoms with Gasteiger partial charge >= 0.3 is 0 Å². The first-order valence-electron chi connectivity index (χ1n) is 7.05. The van der Waals surface area contributed by atoms with Crippen molar-refractivity contribution in [1.29, 1.82) is 0 Å². The lowest BCUT2D eigenvalue weighted by Gasteiger charge is -2.22. The van der Waals surface area contributed by atoms with E-state index in [1.54, 1.807) is 0 Å². The lowest BCUT2D eigenvalue weighted by molar-refractivity contribution is 0.918. The Labute approximate surface area is 125 Å². The average molecular weight is 277 g/mol. The quantitative estimate of drug-likeness (QED) is 0.741. The molecule has 0 fully saturated rings. The summed E-state index contributed by atoms with van der Waals surface area (Å²) in [5.41, 5.74) is 11.3. The summed E-state index contributed by atoms with van der Waals surface area (Å²) in [4.78, 5) is 6.66. The van der Waals surface area contributed by atoms with Crippen LogP contribution in [0.2, 0.25) is 0 Å². The van der Waals surface area contributed by atoms with Crippen LogP contribution in [0.1, 0.15) is 11.1 Å². The van der Waals surface area contributed by atoms with Gasteiger partial charge in [0.05, 0.1) is 5.52 Å². The van der Waals surface area contributed by atoms with Crippen LogP contribution in [0.4, 0.5) is 11.4 Å². The number of aryl methyl sites for hydroxylation is 1. The molecule has 2 aromatic carbocycles. The molecule has 0 radical (unpaired) electrons. The van der Waals surface area contributed by atoms with Crippen molar-refractivity contribution in [1.82, 2.24) is 4.98 Å². The standard InChI is InChI=1S/C18H19N3/c1-13-5-3-4-6-14(13)12-21(2)18-9-10-20-17-11-15(19)7-8-16(17)18/h3-11H,12,19H2,1-2H3. The summed E-state index contributed by atoms with van der Waals surface area (Å²) in [5.74, 6) is 0. The fourth-order valence-corrected chi connectivity index (χ4v) is 2.61. The highest BCUT2D eigenvalue weighted by molar-refractivity contribution is 5.93. The van der Waals surface area contributed by atoms with E-state index in [-0.39, 0.29) is 0 Å². The lowest BCUT2D eigenvalue weighted by Crippen LogP contribution is -2.17. The largest absolute Gasteiger partial charge is 0.399 e. The zero-order chi connectivity index (χ0) is 14.8. The smallest absolute Gasteiger partial charge is 0.0743 e. The molecule has 1 heterocycles. The number of hydrogen-bond acceptors (Lipinski definition) is 3. The fraction of sp³-hybridized carbons (Fsp3) is 0.167. The van der Waals surface area contributed by atoms with Gasteiger partial charge in [-0.3, -0.25) is 4.98 Å². The topological polar surface area (TPSA) is 42.2 Å². The molecule has 3 aromatic rings. The fourth-order valence-electron chi connectivity index (χ4n) is 2.61. The Hall–Kier alpha value is -2.55. The summed E-state index contributed by atoms with van der Waals surface area (Å²) in [6, 6.07) is 16.4. The van der Waals surface area contributed by atoms with E-state index in [9.17, 15) is 0 Å². The Morgan fingerprint density at radius 3 is 2.71 bits per heavy atom. The number of benzene rings is 2. The molecule has 3 nitrogen and oxygen atoms in total. The number of nitrogen functional groups attached to an aromatic ring is 1. The van der Waals surface area contributed by atoms with Gasteiger partial charge in [0.15, 0.2) is 0 Å². The van der Waals surface area contributed by atoms with Crippen LogP contribution in [0.3, 0.4) is 0 Å². The molecule has 0 saturated carbocycles. The molecule has 0 aliphatic carbocycles. The molecule has 0 aliphatic rings. The van der Waals surface area contributed by atoms with Crippen molar-refractivity contribution in [3.05, 3.63) is 65.9 Å². The predicted octanol–water partition coefficient (Wildman–Crippen LogP) is 3.76. The summed E-state index contributed by atoms with van der Waals surface area (Å²) < 4.78 is 0. The zero-order valence-corrected chi connectivity index (χ0v) is 12.4. The van der Waals surface area contributed by atoms with Gasteiger partial charge in [0.1, 0.15) is 0 Å². The first-order valence-corrected chi connectivity index (χ1v) is 7.05. The van der Waals surface area contributed by atoms with E-state index in [0.717, 1.165) is 23.1 Å². The maximum atomic E-state index is 5.84. The van der Waals surface area contributed by atoms with Crippen LogP contribution in [-0.4, -0.2) is 12.0 Å². The second-order valence-corrected chi connectivity index (χ2v) is 5.39. The van der Waals surface area contributed by atoms with Gasteiger partial charge in [0, 0.05) is 36.6 Å². The van der Waals surface area contributed by atoms with Crippen LogP contribution in [0.5, 0.6) is 0 Å². The molecule has 106 valence electrons. The Kier molecular flexibility index (Phi) is 3.48. The van der Waals surface area contributed by atoms with E-state index in [4.69, 9.17) is 5.73 Å². The third-order valence-corrected chi connectivity index (χ3v) is 3.82. The van der Waals surface area contributed by atoms with Gasteiger partial charge in [-0.2, -0.15) is 0 Å². The SMILES string of the molecule is Cc1ccccc1CN(C)c1ccnc2cc(N)ccc12. The molecule has 0 atom stereocenters. The second kappa shape index (κ2) is 5.44. The van der Waals surface area contributed by atoms with Crippen molar-refractivity contribution < 1.29 is 0 Å². The average Bonchev–Trinajstić information content (AvgIpc) is 2.48. The van der Waals surface area contributed by atoms with Gasteiger partial charge in [0.2, 0.25) is 0 Å². The lowest BCUT2D eigenvalue weighted by atomic mass is 10.1. The molecule has 0 saturated heterocycles. The van der Waals surface area contributed by atoms with Crippen LogP contribution >= 0.6 is 0 Å². The predicted molar refractivity (Wildman–Crippen MR) is 89.4 cm³/mol. The van der Waals surface area contributed by atoms with Gasteiger partial charge in [-0.15, -0.1) is 0 Å². The summed E-state index contributed by atoms with van der Waals surface area (Å²) in [5, 5.41) is 1.13. The first-order chi connectivity index (χ1) is 10.1. The Morgan fingerprint density at radius 1 is 1.10 bits per heavy atom. The summed E-state index contributed by atoms with van der Waals surface area (Å²) in [6.07, 6.45) is 1.84. The number of hydrogen-bond donors (Lipinski definition) is 1. The molecule has 2 N–H and O–H groups in total. The Balaban J connectivity index is 1.98. The molecule has 0 amide bonds. The maximum Gasteiger partial charge on any atom is 0.0743 e. The number of aromatic nitrogens is 1. The monoisotopic (exact) mass is 277 g/mol. The zero-order valence-electron chi connectivity index (χ0n) is 12.4. The highest BCUT2D eigenvalue weighted by Gasteiger charge is 2.08. The number of nitrogens with two attached hydrogens (primary N) is 1. The minimum atomic E-state index is 0.744. The molecule has 0 spiro atoms. The van der Waals surface area contributed by atoms with Crippen LogP contribution in [0.25, 0.3) is 10.9 Å². The van der Waals surface area contributed by atoms with E-state index >= 15 is 0 Å². The van der Waals surface area contributed by atoms with Gasteiger partial charge in [-0.25, -0.2) is 0 Å². The van der Waals surface area contributed by atoms with E-state index in [1.165, 1.54) is 16.8 Å². The van der Waals surface area contributed by atoms with Gasteiger partial charge in [-0.1, -0.05) is 24.3 Å². The first kappa shape index (κ1) is 13.4. The number of nitrogens with zero attached hydrogens (tertiary/aromatic N) is 2. The maximum absolute atomic E-state index is 5.84. The van der Waals surface area contributed by atoms with Crippen LogP contribution in [0, 0.1) is 6.92 Å². The van der Waals surface area contributed by atoms with Crippen molar-refractivity contribution in [2.24, 2.45) is 0 Å². The van der Waals surface area contributed by atoms with Crippen molar-refractivity contribution in [2.75, 3.05) is 17.7 Å². The molecule has 1 aromatic heterocycles. The highest BCUT2D eigenvalue weighted by atomic mass is 15.1. The van der Waals surface area contributed by atoms with E-state index in [1.807, 2.05) is 24.4 Å². The van der Waals surface area contributed by atoms with Crippen LogP contribution in [-0.2, 0) is 6.54 Å². The Bertz CT molecular complexity index is 780. The molecular formula is C18H19N3. The molecular weight excluding hydrogens is 258 g/mol. The minimum Gasteiger partial charge on any atom is -0.399 e. The van der Waals surface area contributed by atoms with Crippen LogP contribution in [0.15, 0.2) is 54.7 Å². The number of pyridine rings is 1. The number of rotatable bonds is 3.